The van der Waals surface area contributed by atoms with Crippen LogP contribution in [0.1, 0.15) is 39.1 Å². The van der Waals surface area contributed by atoms with Crippen LogP contribution in [-0.2, 0) is 16.0 Å². The second-order valence-electron chi connectivity index (χ2n) is 3.88. The first-order chi connectivity index (χ1) is 7.65. The van der Waals surface area contributed by atoms with Gasteiger partial charge in [0.15, 0.2) is 0 Å². The van der Waals surface area contributed by atoms with Crippen LogP contribution in [0.5, 0.6) is 0 Å². The Bertz CT molecular complexity index is 334. The van der Waals surface area contributed by atoms with E-state index in [-0.39, 0.29) is 11.8 Å². The first-order valence-corrected chi connectivity index (χ1v) is 5.63. The second kappa shape index (κ2) is 6.37. The van der Waals surface area contributed by atoms with Gasteiger partial charge in [-0.3, -0.25) is 4.79 Å². The monoisotopic (exact) mass is 225 g/mol. The molecule has 0 aliphatic rings. The van der Waals surface area contributed by atoms with Gasteiger partial charge in [0.1, 0.15) is 17.9 Å². The molecule has 0 aliphatic heterocycles. The number of carbonyl (C=O) groups excluding carboxylic acids is 1. The highest BCUT2D eigenvalue weighted by Crippen LogP contribution is 2.06. The van der Waals surface area contributed by atoms with Crippen LogP contribution in [-0.4, -0.2) is 33.8 Å². The van der Waals surface area contributed by atoms with Crippen LogP contribution in [0.3, 0.4) is 0 Å². The normalized spacial score (nSPS) is 11.0. The molecule has 0 amide bonds. The van der Waals surface area contributed by atoms with Crippen molar-refractivity contribution in [1.29, 1.82) is 0 Å². The highest BCUT2D eigenvalue weighted by atomic mass is 16.5. The molecule has 90 valence electrons. The Kier molecular flexibility index (Phi) is 5.11. The first kappa shape index (κ1) is 12.8. The molecule has 1 rings (SSSR count). The molecular weight excluding hydrogens is 206 g/mol. The zero-order chi connectivity index (χ0) is 12.0. The Morgan fingerprint density at radius 3 is 2.94 bits per heavy atom. The average Bonchev–Trinajstić information content (AvgIpc) is 2.66. The molecular formula is C11H19N3O2. The second-order valence-corrected chi connectivity index (χ2v) is 3.88. The molecule has 5 nitrogen and oxygen atoms in total. The zero-order valence-electron chi connectivity index (χ0n) is 10.1. The van der Waals surface area contributed by atoms with Gasteiger partial charge in [-0.15, -0.1) is 0 Å². The van der Waals surface area contributed by atoms with Crippen molar-refractivity contribution in [3.05, 3.63) is 12.2 Å². The molecule has 1 heterocycles. The minimum atomic E-state index is 0.142. The van der Waals surface area contributed by atoms with Gasteiger partial charge in [-0.05, 0) is 20.8 Å². The van der Waals surface area contributed by atoms with E-state index in [9.17, 15) is 4.79 Å². The number of aromatic nitrogens is 3. The molecule has 16 heavy (non-hydrogen) atoms. The predicted molar refractivity (Wildman–Crippen MR) is 60.2 cm³/mol. The lowest BCUT2D eigenvalue weighted by atomic mass is 10.2. The number of rotatable bonds is 7. The van der Waals surface area contributed by atoms with Crippen molar-refractivity contribution < 1.29 is 9.53 Å². The Morgan fingerprint density at radius 1 is 1.56 bits per heavy atom. The summed E-state index contributed by atoms with van der Waals surface area (Å²) in [6.07, 6.45) is 2.27. The summed E-state index contributed by atoms with van der Waals surface area (Å²) in [5, 5.41) is 4.09. The number of ketones is 1. The van der Waals surface area contributed by atoms with E-state index in [2.05, 4.69) is 10.1 Å². The van der Waals surface area contributed by atoms with E-state index < -0.39 is 0 Å². The summed E-state index contributed by atoms with van der Waals surface area (Å²) in [5.41, 5.74) is 0. The fourth-order valence-corrected chi connectivity index (χ4v) is 1.43. The molecule has 0 aromatic carbocycles. The summed E-state index contributed by atoms with van der Waals surface area (Å²) in [4.78, 5) is 15.7. The van der Waals surface area contributed by atoms with E-state index in [1.165, 1.54) is 6.33 Å². The Hall–Kier alpha value is -1.23. The number of ether oxygens (including phenoxy) is 1. The van der Waals surface area contributed by atoms with Gasteiger partial charge >= 0.3 is 0 Å². The molecule has 0 bridgehead atoms. The summed E-state index contributed by atoms with van der Waals surface area (Å²) in [6, 6.07) is 0.234. The third-order valence-electron chi connectivity index (χ3n) is 2.22. The molecule has 5 heteroatoms. The summed E-state index contributed by atoms with van der Waals surface area (Å²) in [5.74, 6) is 0.875. The highest BCUT2D eigenvalue weighted by Gasteiger charge is 2.11. The van der Waals surface area contributed by atoms with E-state index in [0.717, 1.165) is 5.82 Å². The van der Waals surface area contributed by atoms with Gasteiger partial charge in [0.2, 0.25) is 0 Å². The van der Waals surface area contributed by atoms with E-state index in [0.29, 0.717) is 26.1 Å². The Labute approximate surface area is 95.8 Å². The molecule has 0 saturated carbocycles. The number of Topliss-reactive ketones (excluding diaryl/α,β-unsaturated/α-hetero) is 1. The summed E-state index contributed by atoms with van der Waals surface area (Å²) < 4.78 is 6.91. The highest BCUT2D eigenvalue weighted by molar-refractivity contribution is 5.80. The van der Waals surface area contributed by atoms with Crippen LogP contribution in [0.15, 0.2) is 6.33 Å². The molecule has 0 radical (unpaired) electrons. The largest absolute Gasteiger partial charge is 0.381 e. The molecule has 0 fully saturated rings. The van der Waals surface area contributed by atoms with Crippen molar-refractivity contribution in [2.45, 2.75) is 39.7 Å². The van der Waals surface area contributed by atoms with Crippen LogP contribution >= 0.6 is 0 Å². The summed E-state index contributed by atoms with van der Waals surface area (Å²) in [6.45, 7) is 7.09. The number of nitrogens with zero attached hydrogens (tertiary/aromatic N) is 3. The van der Waals surface area contributed by atoms with Crippen molar-refractivity contribution in [2.24, 2.45) is 0 Å². The molecule has 1 aromatic rings. The van der Waals surface area contributed by atoms with Crippen LogP contribution in [0.4, 0.5) is 0 Å². The van der Waals surface area contributed by atoms with E-state index in [1.807, 2.05) is 20.8 Å². The van der Waals surface area contributed by atoms with E-state index in [4.69, 9.17) is 4.74 Å². The molecule has 0 N–H and O–H groups in total. The third-order valence-corrected chi connectivity index (χ3v) is 2.22. The molecule has 0 aliphatic carbocycles. The lowest BCUT2D eigenvalue weighted by Crippen LogP contribution is -2.14. The van der Waals surface area contributed by atoms with Crippen molar-refractivity contribution in [3.63, 3.8) is 0 Å². The fraction of sp³-hybridized carbons (Fsp3) is 0.727. The zero-order valence-corrected chi connectivity index (χ0v) is 10.1. The topological polar surface area (TPSA) is 57.0 Å². The summed E-state index contributed by atoms with van der Waals surface area (Å²) in [7, 11) is 0. The van der Waals surface area contributed by atoms with Crippen molar-refractivity contribution >= 4 is 5.78 Å². The molecule has 0 saturated heterocycles. The maximum Gasteiger partial charge on any atom is 0.142 e. The predicted octanol–water partition coefficient (Wildman–Crippen LogP) is 1.40. The standard InChI is InChI=1S/C11H19N3O2/c1-4-16-6-5-10(15)7-11-12-8-13-14(11)9(2)3/h8-9H,4-7H2,1-3H3. The number of carbonyl (C=O) groups is 1. The van der Waals surface area contributed by atoms with Crippen LogP contribution in [0.25, 0.3) is 0 Å². The molecule has 0 unspecified atom stereocenters. The average molecular weight is 225 g/mol. The number of hydrogen-bond donors (Lipinski definition) is 0. The van der Waals surface area contributed by atoms with Crippen molar-refractivity contribution in [1.82, 2.24) is 14.8 Å². The van der Waals surface area contributed by atoms with E-state index in [1.54, 1.807) is 4.68 Å². The van der Waals surface area contributed by atoms with Crippen LogP contribution < -0.4 is 0 Å². The smallest absolute Gasteiger partial charge is 0.142 e. The lowest BCUT2D eigenvalue weighted by Gasteiger charge is -2.08. The van der Waals surface area contributed by atoms with Gasteiger partial charge in [-0.2, -0.15) is 5.10 Å². The van der Waals surface area contributed by atoms with E-state index >= 15 is 0 Å². The third kappa shape index (κ3) is 3.73. The quantitative estimate of drug-likeness (QED) is 0.658. The molecule has 0 spiro atoms. The van der Waals surface area contributed by atoms with Gasteiger partial charge < -0.3 is 4.74 Å². The maximum absolute atomic E-state index is 11.6. The van der Waals surface area contributed by atoms with Crippen molar-refractivity contribution in [3.8, 4) is 0 Å². The fourth-order valence-electron chi connectivity index (χ4n) is 1.43. The molecule has 0 atom stereocenters. The van der Waals surface area contributed by atoms with Gasteiger partial charge in [0, 0.05) is 19.1 Å². The van der Waals surface area contributed by atoms with Gasteiger partial charge in [0.25, 0.3) is 0 Å². The minimum Gasteiger partial charge on any atom is -0.381 e. The van der Waals surface area contributed by atoms with Gasteiger partial charge in [-0.1, -0.05) is 0 Å². The number of hydrogen-bond acceptors (Lipinski definition) is 4. The van der Waals surface area contributed by atoms with Gasteiger partial charge in [0.05, 0.1) is 13.0 Å². The van der Waals surface area contributed by atoms with Gasteiger partial charge in [-0.25, -0.2) is 9.67 Å². The Balaban J connectivity index is 2.46. The lowest BCUT2D eigenvalue weighted by molar-refractivity contribution is -0.119. The van der Waals surface area contributed by atoms with Crippen LogP contribution in [0.2, 0.25) is 0 Å². The Morgan fingerprint density at radius 2 is 2.31 bits per heavy atom. The summed E-state index contributed by atoms with van der Waals surface area (Å²) >= 11 is 0. The van der Waals surface area contributed by atoms with Crippen molar-refractivity contribution in [2.75, 3.05) is 13.2 Å². The SMILES string of the molecule is CCOCCC(=O)Cc1ncnn1C(C)C. The molecule has 1 aromatic heterocycles. The first-order valence-electron chi connectivity index (χ1n) is 5.63. The minimum absolute atomic E-state index is 0.142. The van der Waals surface area contributed by atoms with Crippen LogP contribution in [0, 0.1) is 0 Å². The maximum atomic E-state index is 11.6.